The molecule has 1 aromatic carbocycles. The third-order valence-electron chi connectivity index (χ3n) is 5.01. The zero-order valence-electron chi connectivity index (χ0n) is 13.9. The Balaban J connectivity index is 1.64. The minimum absolute atomic E-state index is 0.151. The van der Waals surface area contributed by atoms with Crippen LogP contribution in [0.25, 0.3) is 0 Å². The van der Waals surface area contributed by atoms with E-state index in [1.165, 1.54) is 9.21 Å². The van der Waals surface area contributed by atoms with E-state index in [-0.39, 0.29) is 29.8 Å². The number of hydrogen-bond donors (Lipinski definition) is 1. The number of piperidine rings is 1. The van der Waals surface area contributed by atoms with Gasteiger partial charge in [0.15, 0.2) is 0 Å². The second-order valence-electron chi connectivity index (χ2n) is 6.52. The molecule has 1 atom stereocenters. The molecule has 0 bridgehead atoms. The number of likely N-dealkylation sites (tertiary alicyclic amines) is 1. The Bertz CT molecular complexity index is 742. The lowest BCUT2D eigenvalue weighted by molar-refractivity contribution is -0.150. The smallest absolute Gasteiger partial charge is 0.326 e. The van der Waals surface area contributed by atoms with E-state index in [4.69, 9.17) is 0 Å². The molecule has 1 amide bonds. The molecule has 0 unspecified atom stereocenters. The van der Waals surface area contributed by atoms with Gasteiger partial charge in [0.25, 0.3) is 0 Å². The summed E-state index contributed by atoms with van der Waals surface area (Å²) in [6.07, 6.45) is 2.04. The highest BCUT2D eigenvalue weighted by Crippen LogP contribution is 2.28. The lowest BCUT2D eigenvalue weighted by atomic mass is 9.96. The molecule has 25 heavy (non-hydrogen) atoms. The number of amides is 1. The van der Waals surface area contributed by atoms with E-state index in [2.05, 4.69) is 0 Å². The van der Waals surface area contributed by atoms with Crippen LogP contribution in [0.4, 0.5) is 0 Å². The lowest BCUT2D eigenvalue weighted by Crippen LogP contribution is -2.47. The number of carboxylic acid groups (broad SMARTS) is 1. The average Bonchev–Trinajstić information content (AvgIpc) is 3.12. The number of carbonyl (C=O) groups excluding carboxylic acids is 1. The summed E-state index contributed by atoms with van der Waals surface area (Å²) in [6.45, 7) is 1.02. The fourth-order valence-electron chi connectivity index (χ4n) is 3.61. The van der Waals surface area contributed by atoms with Crippen LogP contribution >= 0.6 is 0 Å². The van der Waals surface area contributed by atoms with Crippen LogP contribution in [0.1, 0.15) is 25.7 Å². The van der Waals surface area contributed by atoms with E-state index in [1.807, 2.05) is 0 Å². The summed E-state index contributed by atoms with van der Waals surface area (Å²) >= 11 is 0. The van der Waals surface area contributed by atoms with Gasteiger partial charge in [-0.3, -0.25) is 4.79 Å². The van der Waals surface area contributed by atoms with Gasteiger partial charge in [0.1, 0.15) is 6.04 Å². The third kappa shape index (κ3) is 3.55. The van der Waals surface area contributed by atoms with Gasteiger partial charge in [-0.05, 0) is 37.8 Å². The molecule has 136 valence electrons. The number of nitrogens with zero attached hydrogens (tertiary/aromatic N) is 2. The molecule has 2 aliphatic heterocycles. The van der Waals surface area contributed by atoms with Gasteiger partial charge in [-0.2, -0.15) is 4.31 Å². The summed E-state index contributed by atoms with van der Waals surface area (Å²) in [5.74, 6) is -1.42. The molecule has 8 heteroatoms. The molecule has 0 aromatic heterocycles. The molecule has 0 aliphatic carbocycles. The Morgan fingerprint density at radius 1 is 1.00 bits per heavy atom. The second-order valence-corrected chi connectivity index (χ2v) is 8.46. The first kappa shape index (κ1) is 17.9. The first-order valence-corrected chi connectivity index (χ1v) is 9.94. The maximum Gasteiger partial charge on any atom is 0.326 e. The molecule has 1 aromatic rings. The second kappa shape index (κ2) is 7.13. The molecular weight excluding hydrogens is 344 g/mol. The van der Waals surface area contributed by atoms with Crippen molar-refractivity contribution in [2.45, 2.75) is 36.6 Å². The van der Waals surface area contributed by atoms with Crippen LogP contribution in [-0.2, 0) is 19.6 Å². The molecule has 1 N–H and O–H groups in total. The van der Waals surface area contributed by atoms with E-state index in [0.717, 1.165) is 0 Å². The summed E-state index contributed by atoms with van der Waals surface area (Å²) in [5.41, 5.74) is 0. The van der Waals surface area contributed by atoms with E-state index in [0.29, 0.717) is 32.2 Å². The maximum absolute atomic E-state index is 12.6. The molecule has 0 radical (unpaired) electrons. The Labute approximate surface area is 147 Å². The number of benzene rings is 1. The Morgan fingerprint density at radius 3 is 2.24 bits per heavy atom. The van der Waals surface area contributed by atoms with Gasteiger partial charge in [0.2, 0.25) is 15.9 Å². The molecule has 0 saturated carbocycles. The largest absolute Gasteiger partial charge is 0.480 e. The highest BCUT2D eigenvalue weighted by atomic mass is 32.2. The normalized spacial score (nSPS) is 22.9. The van der Waals surface area contributed by atoms with Crippen molar-refractivity contribution in [1.29, 1.82) is 0 Å². The van der Waals surface area contributed by atoms with Crippen LogP contribution in [0.15, 0.2) is 35.2 Å². The van der Waals surface area contributed by atoms with E-state index in [9.17, 15) is 23.1 Å². The van der Waals surface area contributed by atoms with E-state index in [1.54, 1.807) is 30.3 Å². The van der Waals surface area contributed by atoms with Crippen molar-refractivity contribution in [3.05, 3.63) is 30.3 Å². The number of sulfonamides is 1. The van der Waals surface area contributed by atoms with Gasteiger partial charge < -0.3 is 10.0 Å². The summed E-state index contributed by atoms with van der Waals surface area (Å²) in [6, 6.07) is 7.52. The molecule has 7 nitrogen and oxygen atoms in total. The summed E-state index contributed by atoms with van der Waals surface area (Å²) in [4.78, 5) is 25.6. The molecule has 3 rings (SSSR count). The summed E-state index contributed by atoms with van der Waals surface area (Å²) < 4.78 is 26.6. The molecule has 2 heterocycles. The van der Waals surface area contributed by atoms with Gasteiger partial charge in [0.05, 0.1) is 4.90 Å². The Kier molecular flexibility index (Phi) is 5.10. The minimum atomic E-state index is -3.54. The van der Waals surface area contributed by atoms with Crippen molar-refractivity contribution >= 4 is 21.9 Å². The maximum atomic E-state index is 12.6. The van der Waals surface area contributed by atoms with Gasteiger partial charge in [-0.25, -0.2) is 13.2 Å². The zero-order valence-corrected chi connectivity index (χ0v) is 14.7. The van der Waals surface area contributed by atoms with Crippen molar-refractivity contribution in [2.75, 3.05) is 19.6 Å². The Hall–Kier alpha value is -1.93. The van der Waals surface area contributed by atoms with Crippen molar-refractivity contribution in [3.8, 4) is 0 Å². The summed E-state index contributed by atoms with van der Waals surface area (Å²) in [5, 5.41) is 9.22. The van der Waals surface area contributed by atoms with Crippen molar-refractivity contribution < 1.29 is 23.1 Å². The van der Waals surface area contributed by atoms with Gasteiger partial charge >= 0.3 is 5.97 Å². The predicted octanol–water partition coefficient (Wildman–Crippen LogP) is 1.16. The first-order valence-electron chi connectivity index (χ1n) is 8.50. The van der Waals surface area contributed by atoms with Gasteiger partial charge in [-0.15, -0.1) is 0 Å². The fourth-order valence-corrected chi connectivity index (χ4v) is 5.10. The average molecular weight is 366 g/mol. The van der Waals surface area contributed by atoms with E-state index >= 15 is 0 Å². The van der Waals surface area contributed by atoms with Gasteiger partial charge in [-0.1, -0.05) is 18.2 Å². The van der Waals surface area contributed by atoms with Gasteiger partial charge in [0, 0.05) is 25.6 Å². The first-order chi connectivity index (χ1) is 11.9. The number of aliphatic carboxylic acids is 1. The van der Waals surface area contributed by atoms with Crippen molar-refractivity contribution in [1.82, 2.24) is 9.21 Å². The number of hydrogen-bond acceptors (Lipinski definition) is 4. The van der Waals surface area contributed by atoms with Crippen LogP contribution in [0.3, 0.4) is 0 Å². The number of carbonyl (C=O) groups is 2. The SMILES string of the molecule is O=C(O)[C@H]1CCCN1C(=O)C1CCN(S(=O)(=O)c2ccccc2)CC1. The zero-order chi connectivity index (χ0) is 18.0. The van der Waals surface area contributed by atoms with Crippen LogP contribution in [0.5, 0.6) is 0 Å². The predicted molar refractivity (Wildman–Crippen MR) is 90.3 cm³/mol. The molecule has 2 aliphatic rings. The lowest BCUT2D eigenvalue weighted by Gasteiger charge is -2.33. The fraction of sp³-hybridized carbons (Fsp3) is 0.529. The van der Waals surface area contributed by atoms with Crippen LogP contribution < -0.4 is 0 Å². The van der Waals surface area contributed by atoms with Crippen molar-refractivity contribution in [2.24, 2.45) is 5.92 Å². The molecule has 2 fully saturated rings. The minimum Gasteiger partial charge on any atom is -0.480 e. The van der Waals surface area contributed by atoms with Crippen LogP contribution in [-0.4, -0.2) is 60.3 Å². The quantitative estimate of drug-likeness (QED) is 0.863. The highest BCUT2D eigenvalue weighted by Gasteiger charge is 2.39. The third-order valence-corrected chi connectivity index (χ3v) is 6.92. The van der Waals surface area contributed by atoms with Crippen molar-refractivity contribution in [3.63, 3.8) is 0 Å². The van der Waals surface area contributed by atoms with Crippen LogP contribution in [0, 0.1) is 5.92 Å². The van der Waals surface area contributed by atoms with E-state index < -0.39 is 22.0 Å². The molecule has 2 saturated heterocycles. The molecular formula is C17H22N2O5S. The monoisotopic (exact) mass is 366 g/mol. The van der Waals surface area contributed by atoms with Crippen LogP contribution in [0.2, 0.25) is 0 Å². The number of rotatable bonds is 4. The highest BCUT2D eigenvalue weighted by molar-refractivity contribution is 7.89. The standard InChI is InChI=1S/C17H22N2O5S/c20-16(19-10-4-7-15(19)17(21)22)13-8-11-18(12-9-13)25(23,24)14-5-2-1-3-6-14/h1-3,5-6,13,15H,4,7-12H2,(H,21,22)/t15-/m1/s1. The Morgan fingerprint density at radius 2 is 1.64 bits per heavy atom. The molecule has 0 spiro atoms. The number of carboxylic acids is 1. The topological polar surface area (TPSA) is 95.0 Å². The summed E-state index contributed by atoms with van der Waals surface area (Å²) in [7, 11) is -3.54.